The van der Waals surface area contributed by atoms with Crippen LogP contribution in [0.5, 0.6) is 0 Å². The number of rotatable bonds is 6. The van der Waals surface area contributed by atoms with E-state index in [4.69, 9.17) is 0 Å². The van der Waals surface area contributed by atoms with Crippen molar-refractivity contribution < 1.29 is 13.2 Å². The molecule has 1 atom stereocenters. The summed E-state index contributed by atoms with van der Waals surface area (Å²) in [6, 6.07) is 0.289. The number of nitrogens with one attached hydrogen (secondary N) is 1. The zero-order valence-corrected chi connectivity index (χ0v) is 14.3. The standard InChI is InChI=1S/C15H25N3O3S/c1-4-12(5-2)18-11(3)14(10-17-18)15(19)16-9-13-7-6-8-22(13,20)21/h10,12-13H,4-9H2,1-3H3,(H,16,19). The molecule has 2 rings (SSSR count). The average molecular weight is 327 g/mol. The largest absolute Gasteiger partial charge is 0.351 e. The van der Waals surface area contributed by atoms with Crippen LogP contribution in [-0.4, -0.2) is 41.7 Å². The third-order valence-electron chi connectivity index (χ3n) is 4.53. The first-order valence-electron chi connectivity index (χ1n) is 7.94. The third-order valence-corrected chi connectivity index (χ3v) is 6.81. The van der Waals surface area contributed by atoms with Gasteiger partial charge in [-0.1, -0.05) is 13.8 Å². The van der Waals surface area contributed by atoms with Gasteiger partial charge in [-0.05, 0) is 32.6 Å². The van der Waals surface area contributed by atoms with Crippen molar-refractivity contribution in [3.05, 3.63) is 17.5 Å². The van der Waals surface area contributed by atoms with Gasteiger partial charge < -0.3 is 5.32 Å². The Balaban J connectivity index is 2.04. The fraction of sp³-hybridized carbons (Fsp3) is 0.733. The normalized spacial score (nSPS) is 20.5. The summed E-state index contributed by atoms with van der Waals surface area (Å²) in [6.45, 7) is 6.27. The quantitative estimate of drug-likeness (QED) is 0.865. The number of carbonyl (C=O) groups is 1. The zero-order chi connectivity index (χ0) is 16.3. The van der Waals surface area contributed by atoms with Crippen molar-refractivity contribution in [3.63, 3.8) is 0 Å². The van der Waals surface area contributed by atoms with Gasteiger partial charge in [-0.25, -0.2) is 8.42 Å². The van der Waals surface area contributed by atoms with E-state index < -0.39 is 15.1 Å². The summed E-state index contributed by atoms with van der Waals surface area (Å²) in [5.74, 6) is -0.00377. The summed E-state index contributed by atoms with van der Waals surface area (Å²) in [7, 11) is -3.03. The molecule has 1 fully saturated rings. The first-order valence-corrected chi connectivity index (χ1v) is 9.66. The van der Waals surface area contributed by atoms with Gasteiger partial charge >= 0.3 is 0 Å². The van der Waals surface area contributed by atoms with E-state index in [9.17, 15) is 13.2 Å². The van der Waals surface area contributed by atoms with Crippen molar-refractivity contribution >= 4 is 15.7 Å². The average Bonchev–Trinajstić information content (AvgIpc) is 3.01. The second kappa shape index (κ2) is 6.81. The van der Waals surface area contributed by atoms with Gasteiger partial charge in [-0.3, -0.25) is 9.48 Å². The molecule has 1 aromatic rings. The van der Waals surface area contributed by atoms with Crippen LogP contribution in [0.1, 0.15) is 61.6 Å². The lowest BCUT2D eigenvalue weighted by Crippen LogP contribution is -2.34. The maximum absolute atomic E-state index is 12.3. The molecule has 1 aliphatic heterocycles. The molecule has 1 amide bonds. The molecule has 0 radical (unpaired) electrons. The van der Waals surface area contributed by atoms with E-state index in [-0.39, 0.29) is 24.2 Å². The van der Waals surface area contributed by atoms with Crippen LogP contribution >= 0.6 is 0 Å². The Hall–Kier alpha value is -1.37. The Kier molecular flexibility index (Phi) is 5.26. The van der Waals surface area contributed by atoms with Crippen molar-refractivity contribution in [2.24, 2.45) is 0 Å². The molecule has 0 saturated carbocycles. The van der Waals surface area contributed by atoms with E-state index in [1.165, 1.54) is 0 Å². The predicted octanol–water partition coefficient (Wildman–Crippen LogP) is 1.86. The second-order valence-corrected chi connectivity index (χ2v) is 8.30. The molecule has 6 nitrogen and oxygen atoms in total. The molecule has 1 saturated heterocycles. The highest BCUT2D eigenvalue weighted by molar-refractivity contribution is 7.92. The predicted molar refractivity (Wildman–Crippen MR) is 85.7 cm³/mol. The van der Waals surface area contributed by atoms with Crippen molar-refractivity contribution in [3.8, 4) is 0 Å². The molecular formula is C15H25N3O3S. The minimum atomic E-state index is -3.03. The Bertz CT molecular complexity index is 632. The van der Waals surface area contributed by atoms with Crippen LogP contribution in [0.15, 0.2) is 6.20 Å². The first-order chi connectivity index (χ1) is 10.4. The van der Waals surface area contributed by atoms with Crippen molar-refractivity contribution in [2.45, 2.75) is 57.7 Å². The van der Waals surface area contributed by atoms with Crippen LogP contribution in [0.2, 0.25) is 0 Å². The molecule has 1 N–H and O–H groups in total. The lowest BCUT2D eigenvalue weighted by Gasteiger charge is -2.15. The SMILES string of the molecule is CCC(CC)n1ncc(C(=O)NCC2CCCS2(=O)=O)c1C. The Morgan fingerprint density at radius 3 is 2.68 bits per heavy atom. The Morgan fingerprint density at radius 1 is 1.45 bits per heavy atom. The summed E-state index contributed by atoms with van der Waals surface area (Å²) >= 11 is 0. The van der Waals surface area contributed by atoms with Gasteiger partial charge in [0.05, 0.1) is 28.8 Å². The second-order valence-electron chi connectivity index (χ2n) is 5.90. The molecule has 0 bridgehead atoms. The van der Waals surface area contributed by atoms with E-state index in [2.05, 4.69) is 24.3 Å². The maximum atomic E-state index is 12.3. The summed E-state index contributed by atoms with van der Waals surface area (Å²) in [5, 5.41) is 6.64. The molecule has 7 heteroatoms. The lowest BCUT2D eigenvalue weighted by molar-refractivity contribution is 0.0952. The van der Waals surface area contributed by atoms with Crippen LogP contribution in [-0.2, 0) is 9.84 Å². The highest BCUT2D eigenvalue weighted by Crippen LogP contribution is 2.21. The first kappa shape index (κ1) is 17.0. The summed E-state index contributed by atoms with van der Waals surface area (Å²) in [5.41, 5.74) is 1.36. The minimum Gasteiger partial charge on any atom is -0.351 e. The Labute approximate surface area is 132 Å². The zero-order valence-electron chi connectivity index (χ0n) is 13.5. The molecular weight excluding hydrogens is 302 g/mol. The van der Waals surface area contributed by atoms with Crippen molar-refractivity contribution in [2.75, 3.05) is 12.3 Å². The molecule has 1 unspecified atom stereocenters. The molecule has 1 aromatic heterocycles. The monoisotopic (exact) mass is 327 g/mol. The highest BCUT2D eigenvalue weighted by atomic mass is 32.2. The van der Waals surface area contributed by atoms with Gasteiger partial charge in [-0.2, -0.15) is 5.10 Å². The molecule has 1 aliphatic rings. The van der Waals surface area contributed by atoms with Crippen LogP contribution in [0.4, 0.5) is 0 Å². The van der Waals surface area contributed by atoms with Crippen LogP contribution < -0.4 is 5.32 Å². The lowest BCUT2D eigenvalue weighted by atomic mass is 10.1. The topological polar surface area (TPSA) is 81.1 Å². The third kappa shape index (κ3) is 3.34. The van der Waals surface area contributed by atoms with Gasteiger partial charge in [-0.15, -0.1) is 0 Å². The van der Waals surface area contributed by atoms with Crippen LogP contribution in [0.3, 0.4) is 0 Å². The fourth-order valence-electron chi connectivity index (χ4n) is 3.04. The summed E-state index contributed by atoms with van der Waals surface area (Å²) in [6.07, 6.45) is 4.82. The van der Waals surface area contributed by atoms with Gasteiger partial charge in [0, 0.05) is 12.2 Å². The smallest absolute Gasteiger partial charge is 0.254 e. The van der Waals surface area contributed by atoms with Crippen LogP contribution in [0, 0.1) is 6.92 Å². The number of sulfone groups is 1. The molecule has 0 aliphatic carbocycles. The summed E-state index contributed by atoms with van der Waals surface area (Å²) < 4.78 is 25.5. The number of hydrogen-bond donors (Lipinski definition) is 1. The van der Waals surface area contributed by atoms with E-state index in [1.54, 1.807) is 6.20 Å². The van der Waals surface area contributed by atoms with E-state index >= 15 is 0 Å². The highest BCUT2D eigenvalue weighted by Gasteiger charge is 2.31. The fourth-order valence-corrected chi connectivity index (χ4v) is 4.80. The molecule has 22 heavy (non-hydrogen) atoms. The minimum absolute atomic E-state index is 0.191. The number of carbonyl (C=O) groups excluding carboxylic acids is 1. The maximum Gasteiger partial charge on any atom is 0.254 e. The van der Waals surface area contributed by atoms with Gasteiger partial charge in [0.15, 0.2) is 9.84 Å². The molecule has 0 spiro atoms. The van der Waals surface area contributed by atoms with Gasteiger partial charge in [0.2, 0.25) is 0 Å². The summed E-state index contributed by atoms with van der Waals surface area (Å²) in [4.78, 5) is 12.3. The van der Waals surface area contributed by atoms with E-state index in [0.717, 1.165) is 18.5 Å². The number of nitrogens with zero attached hydrogens (tertiary/aromatic N) is 2. The van der Waals surface area contributed by atoms with Crippen molar-refractivity contribution in [1.29, 1.82) is 0 Å². The van der Waals surface area contributed by atoms with Crippen molar-refractivity contribution in [1.82, 2.24) is 15.1 Å². The molecule has 0 aromatic carbocycles. The van der Waals surface area contributed by atoms with Gasteiger partial charge in [0.25, 0.3) is 5.91 Å². The Morgan fingerprint density at radius 2 is 2.14 bits per heavy atom. The number of hydrogen-bond acceptors (Lipinski definition) is 4. The number of aromatic nitrogens is 2. The van der Waals surface area contributed by atoms with Crippen LogP contribution in [0.25, 0.3) is 0 Å². The van der Waals surface area contributed by atoms with E-state index in [1.807, 2.05) is 11.6 Å². The van der Waals surface area contributed by atoms with Gasteiger partial charge in [0.1, 0.15) is 0 Å². The molecule has 124 valence electrons. The number of amides is 1. The molecule has 2 heterocycles. The van der Waals surface area contributed by atoms with E-state index in [0.29, 0.717) is 18.4 Å².